The summed E-state index contributed by atoms with van der Waals surface area (Å²) in [5, 5.41) is 2.95. The van der Waals surface area contributed by atoms with E-state index in [1.165, 1.54) is 5.56 Å². The maximum Gasteiger partial charge on any atom is 0.222 e. The molecule has 4 heteroatoms. The molecular weight excluding hydrogens is 224 g/mol. The van der Waals surface area contributed by atoms with Crippen LogP contribution in [0.2, 0.25) is 0 Å². The number of aromatic nitrogens is 2. The highest BCUT2D eigenvalue weighted by Gasteiger charge is 2.03. The smallest absolute Gasteiger partial charge is 0.222 e. The lowest BCUT2D eigenvalue weighted by Gasteiger charge is -2.16. The summed E-state index contributed by atoms with van der Waals surface area (Å²) >= 11 is 0. The number of anilines is 1. The second-order valence-corrected chi connectivity index (χ2v) is 4.28. The standard InChI is InChI=1S/C14H18N4/c1-15-14-16-9-8-13(17-14)11-18(2)10-12-6-4-3-5-7-12/h3-9H,10-11H2,1-2H3,(H,15,16,17). The van der Waals surface area contributed by atoms with Crippen LogP contribution in [0.15, 0.2) is 42.6 Å². The Kier molecular flexibility index (Phi) is 4.25. The highest BCUT2D eigenvalue weighted by atomic mass is 15.1. The fourth-order valence-corrected chi connectivity index (χ4v) is 1.83. The van der Waals surface area contributed by atoms with Crippen LogP contribution in [0.4, 0.5) is 5.95 Å². The SMILES string of the molecule is CNc1nccc(CN(C)Cc2ccccc2)n1. The quantitative estimate of drug-likeness (QED) is 0.872. The van der Waals surface area contributed by atoms with Crippen molar-refractivity contribution < 1.29 is 0 Å². The van der Waals surface area contributed by atoms with Gasteiger partial charge >= 0.3 is 0 Å². The van der Waals surface area contributed by atoms with Crippen molar-refractivity contribution >= 4 is 5.95 Å². The van der Waals surface area contributed by atoms with Crippen LogP contribution in [0.1, 0.15) is 11.3 Å². The lowest BCUT2D eigenvalue weighted by Crippen LogP contribution is -2.18. The second-order valence-electron chi connectivity index (χ2n) is 4.28. The molecule has 1 aromatic heterocycles. The van der Waals surface area contributed by atoms with E-state index in [-0.39, 0.29) is 0 Å². The topological polar surface area (TPSA) is 41.1 Å². The Balaban J connectivity index is 1.96. The van der Waals surface area contributed by atoms with Gasteiger partial charge in [-0.3, -0.25) is 4.90 Å². The first-order chi connectivity index (χ1) is 8.78. The van der Waals surface area contributed by atoms with Crippen molar-refractivity contribution in [3.05, 3.63) is 53.9 Å². The van der Waals surface area contributed by atoms with Crippen LogP contribution in [0, 0.1) is 0 Å². The van der Waals surface area contributed by atoms with Crippen molar-refractivity contribution in [3.8, 4) is 0 Å². The first-order valence-corrected chi connectivity index (χ1v) is 6.00. The lowest BCUT2D eigenvalue weighted by molar-refractivity contribution is 0.315. The van der Waals surface area contributed by atoms with Gasteiger partial charge in [0.15, 0.2) is 0 Å². The fraction of sp³-hybridized carbons (Fsp3) is 0.286. The van der Waals surface area contributed by atoms with Gasteiger partial charge in [-0.25, -0.2) is 9.97 Å². The molecule has 0 spiro atoms. The van der Waals surface area contributed by atoms with Gasteiger partial charge in [-0.1, -0.05) is 30.3 Å². The van der Waals surface area contributed by atoms with E-state index >= 15 is 0 Å². The molecule has 0 aliphatic rings. The molecule has 0 amide bonds. The summed E-state index contributed by atoms with van der Waals surface area (Å²) in [5.41, 5.74) is 2.33. The average molecular weight is 242 g/mol. The summed E-state index contributed by atoms with van der Waals surface area (Å²) in [4.78, 5) is 10.8. The van der Waals surface area contributed by atoms with Crippen molar-refractivity contribution in [2.24, 2.45) is 0 Å². The highest BCUT2D eigenvalue weighted by molar-refractivity contribution is 5.23. The zero-order chi connectivity index (χ0) is 12.8. The molecule has 1 N–H and O–H groups in total. The summed E-state index contributed by atoms with van der Waals surface area (Å²) < 4.78 is 0. The zero-order valence-electron chi connectivity index (χ0n) is 10.8. The van der Waals surface area contributed by atoms with Gasteiger partial charge in [0, 0.05) is 26.3 Å². The van der Waals surface area contributed by atoms with Crippen molar-refractivity contribution in [3.63, 3.8) is 0 Å². The van der Waals surface area contributed by atoms with Crippen LogP contribution < -0.4 is 5.32 Å². The van der Waals surface area contributed by atoms with Crippen LogP contribution in [0.25, 0.3) is 0 Å². The van der Waals surface area contributed by atoms with E-state index in [0.29, 0.717) is 5.95 Å². The van der Waals surface area contributed by atoms with Gasteiger partial charge < -0.3 is 5.32 Å². The van der Waals surface area contributed by atoms with Gasteiger partial charge in [-0.05, 0) is 18.7 Å². The molecule has 18 heavy (non-hydrogen) atoms. The number of hydrogen-bond acceptors (Lipinski definition) is 4. The largest absolute Gasteiger partial charge is 0.357 e. The number of hydrogen-bond donors (Lipinski definition) is 1. The third kappa shape index (κ3) is 3.53. The number of rotatable bonds is 5. The van der Waals surface area contributed by atoms with Crippen LogP contribution in [-0.2, 0) is 13.1 Å². The van der Waals surface area contributed by atoms with Gasteiger partial charge in [0.05, 0.1) is 5.69 Å². The van der Waals surface area contributed by atoms with Crippen LogP contribution in [0.5, 0.6) is 0 Å². The van der Waals surface area contributed by atoms with Crippen molar-refractivity contribution in [1.82, 2.24) is 14.9 Å². The Morgan fingerprint density at radius 2 is 1.89 bits per heavy atom. The minimum Gasteiger partial charge on any atom is -0.357 e. The number of nitrogens with one attached hydrogen (secondary N) is 1. The Labute approximate surface area is 108 Å². The third-order valence-electron chi connectivity index (χ3n) is 2.66. The van der Waals surface area contributed by atoms with E-state index in [2.05, 4.69) is 51.5 Å². The van der Waals surface area contributed by atoms with Crippen molar-refractivity contribution in [1.29, 1.82) is 0 Å². The Bertz CT molecular complexity index is 484. The molecule has 2 rings (SSSR count). The molecule has 0 unspecified atom stereocenters. The predicted octanol–water partition coefficient (Wildman–Crippen LogP) is 2.15. The van der Waals surface area contributed by atoms with Crippen LogP contribution in [0.3, 0.4) is 0 Å². The summed E-state index contributed by atoms with van der Waals surface area (Å²) in [7, 11) is 3.92. The Morgan fingerprint density at radius 1 is 1.11 bits per heavy atom. The molecule has 1 aromatic carbocycles. The van der Waals surface area contributed by atoms with E-state index in [4.69, 9.17) is 0 Å². The molecule has 0 saturated carbocycles. The average Bonchev–Trinajstić information content (AvgIpc) is 2.40. The van der Waals surface area contributed by atoms with E-state index in [9.17, 15) is 0 Å². The third-order valence-corrected chi connectivity index (χ3v) is 2.66. The molecule has 0 bridgehead atoms. The van der Waals surface area contributed by atoms with Gasteiger partial charge in [0.2, 0.25) is 5.95 Å². The zero-order valence-corrected chi connectivity index (χ0v) is 10.8. The van der Waals surface area contributed by atoms with Crippen molar-refractivity contribution in [2.45, 2.75) is 13.1 Å². The van der Waals surface area contributed by atoms with Gasteiger partial charge in [0.25, 0.3) is 0 Å². The minimum atomic E-state index is 0.667. The number of nitrogens with zero attached hydrogens (tertiary/aromatic N) is 3. The van der Waals surface area contributed by atoms with E-state index in [1.807, 2.05) is 19.2 Å². The van der Waals surface area contributed by atoms with Gasteiger partial charge in [-0.15, -0.1) is 0 Å². The summed E-state index contributed by atoms with van der Waals surface area (Å²) in [6, 6.07) is 12.4. The maximum absolute atomic E-state index is 4.41. The normalized spacial score (nSPS) is 10.6. The molecule has 0 fully saturated rings. The minimum absolute atomic E-state index is 0.667. The highest BCUT2D eigenvalue weighted by Crippen LogP contribution is 2.07. The monoisotopic (exact) mass is 242 g/mol. The molecule has 94 valence electrons. The molecule has 4 nitrogen and oxygen atoms in total. The Hall–Kier alpha value is -1.94. The van der Waals surface area contributed by atoms with E-state index < -0.39 is 0 Å². The molecule has 0 saturated heterocycles. The molecule has 0 aliphatic heterocycles. The molecule has 0 atom stereocenters. The van der Waals surface area contributed by atoms with Crippen molar-refractivity contribution in [2.75, 3.05) is 19.4 Å². The van der Waals surface area contributed by atoms with Gasteiger partial charge in [-0.2, -0.15) is 0 Å². The first-order valence-electron chi connectivity index (χ1n) is 6.00. The summed E-state index contributed by atoms with van der Waals surface area (Å²) in [6.07, 6.45) is 1.78. The molecule has 0 radical (unpaired) electrons. The predicted molar refractivity (Wildman–Crippen MR) is 73.2 cm³/mol. The van der Waals surface area contributed by atoms with Gasteiger partial charge in [0.1, 0.15) is 0 Å². The van der Waals surface area contributed by atoms with E-state index in [1.54, 1.807) is 6.20 Å². The van der Waals surface area contributed by atoms with E-state index in [0.717, 1.165) is 18.8 Å². The summed E-state index contributed by atoms with van der Waals surface area (Å²) in [6.45, 7) is 1.73. The maximum atomic E-state index is 4.41. The second kappa shape index (κ2) is 6.12. The molecular formula is C14H18N4. The first kappa shape index (κ1) is 12.5. The van der Waals surface area contributed by atoms with Crippen LogP contribution in [-0.4, -0.2) is 29.0 Å². The lowest BCUT2D eigenvalue weighted by atomic mass is 10.2. The molecule has 1 heterocycles. The Morgan fingerprint density at radius 3 is 2.61 bits per heavy atom. The molecule has 2 aromatic rings. The number of benzene rings is 1. The fourth-order valence-electron chi connectivity index (χ4n) is 1.83. The molecule has 0 aliphatic carbocycles. The van der Waals surface area contributed by atoms with Crippen LogP contribution >= 0.6 is 0 Å². The summed E-state index contributed by atoms with van der Waals surface area (Å²) in [5.74, 6) is 0.667.